The molecule has 0 unspecified atom stereocenters. The van der Waals surface area contributed by atoms with Crippen LogP contribution in [0, 0.1) is 132 Å². The average molecular weight is 552 g/mol. The van der Waals surface area contributed by atoms with Crippen LogP contribution in [0.25, 0.3) is 0 Å². The monoisotopic (exact) mass is 552 g/mol. The number of hydrogen-bond acceptors (Lipinski definition) is 2. The molecule has 0 spiro atoms. The first kappa shape index (κ1) is 32.0. The van der Waals surface area contributed by atoms with Crippen molar-refractivity contribution in [2.24, 2.45) is 0 Å². The van der Waals surface area contributed by atoms with Gasteiger partial charge in [-0.1, -0.05) is 17.7 Å². The van der Waals surface area contributed by atoms with Gasteiger partial charge in [0.1, 0.15) is 0 Å². The smallest absolute Gasteiger partial charge is 0.156 e. The summed E-state index contributed by atoms with van der Waals surface area (Å²) < 4.78 is 0. The summed E-state index contributed by atoms with van der Waals surface area (Å²) >= 11 is 3.69. The first-order valence-corrected chi connectivity index (χ1v) is 12.4. The third-order valence-electron chi connectivity index (χ3n) is 4.68. The maximum absolute atomic E-state index is 2.24. The summed E-state index contributed by atoms with van der Waals surface area (Å²) in [5.41, 5.74) is 1.31. The zero-order chi connectivity index (χ0) is 21.7. The van der Waals surface area contributed by atoms with Crippen LogP contribution in [-0.2, 0) is 34.1 Å². The first-order valence-electron chi connectivity index (χ1n) is 10.4. The predicted molar refractivity (Wildman–Crippen MR) is 137 cm³/mol. The Morgan fingerprint density at radius 3 is 1.42 bits per heavy atom. The summed E-state index contributed by atoms with van der Waals surface area (Å²) in [6, 6.07) is 8.75. The van der Waals surface area contributed by atoms with E-state index in [-0.39, 0.29) is 34.1 Å². The van der Waals surface area contributed by atoms with Crippen molar-refractivity contribution in [1.29, 1.82) is 0 Å². The Morgan fingerprint density at radius 1 is 0.545 bits per heavy atom. The molecule has 168 valence electrons. The van der Waals surface area contributed by atoms with Gasteiger partial charge in [-0.2, -0.15) is 11.8 Å². The van der Waals surface area contributed by atoms with Crippen molar-refractivity contribution in [3.8, 4) is 0 Å². The van der Waals surface area contributed by atoms with Crippen LogP contribution in [0.2, 0.25) is 0 Å². The summed E-state index contributed by atoms with van der Waals surface area (Å²) in [5, 5.41) is 2.76. The summed E-state index contributed by atoms with van der Waals surface area (Å²) in [7, 11) is 0. The van der Waals surface area contributed by atoms with Crippen LogP contribution in [0.1, 0.15) is 12.0 Å². The van der Waals surface area contributed by atoms with Crippen molar-refractivity contribution < 1.29 is 34.1 Å². The Morgan fingerprint density at radius 2 is 0.970 bits per heavy atom. The van der Waals surface area contributed by atoms with Crippen molar-refractivity contribution in [3.05, 3.63) is 155 Å². The van der Waals surface area contributed by atoms with Crippen molar-refractivity contribution in [2.45, 2.75) is 18.2 Å². The van der Waals surface area contributed by atoms with Gasteiger partial charge in [0, 0.05) is 15.4 Å². The van der Waals surface area contributed by atoms with Gasteiger partial charge in [-0.15, -0.1) is 11.8 Å². The van der Waals surface area contributed by atoms with Crippen molar-refractivity contribution in [3.63, 3.8) is 0 Å². The molecule has 0 amide bonds. The van der Waals surface area contributed by atoms with Gasteiger partial charge in [0.15, 0.2) is 0 Å². The number of hydrogen-bond donors (Lipinski definition) is 0. The zero-order valence-corrected chi connectivity index (χ0v) is 22.6. The molecule has 4 fully saturated rings. The molecule has 0 bridgehead atoms. The minimum atomic E-state index is 0. The SMILES string of the molecule is CS[C]1[CH][CH][CH][C]1C[C]1[CH][CH][CH][C]1Sc1ccc(C)cc1.[CH]1[CH][CH][CH][CH]1.[CH]1[CH][CH][CH][CH]1.[Fe+2].[Fe+2]. The number of benzene rings is 1. The molecule has 1 aromatic carbocycles. The normalized spacial score (nSPS) is 21.5. The second kappa shape index (κ2) is 19.1. The third-order valence-corrected chi connectivity index (χ3v) is 6.65. The van der Waals surface area contributed by atoms with E-state index in [0.29, 0.717) is 0 Å². The summed E-state index contributed by atoms with van der Waals surface area (Å²) in [6.45, 7) is 2.13. The average Bonchev–Trinajstić information content (AvgIpc) is 3.59. The summed E-state index contributed by atoms with van der Waals surface area (Å²) in [5.74, 6) is 2.85. The quantitative estimate of drug-likeness (QED) is 0.351. The van der Waals surface area contributed by atoms with Crippen molar-refractivity contribution >= 4 is 23.5 Å². The van der Waals surface area contributed by atoms with E-state index in [1.807, 2.05) is 87.7 Å². The topological polar surface area (TPSA) is 0 Å². The number of aryl methyl sites for hydroxylation is 1. The number of rotatable bonds is 5. The van der Waals surface area contributed by atoms with Gasteiger partial charge in [0.05, 0.1) is 0 Å². The molecular formula is C29H28Fe2S2+4. The Balaban J connectivity index is 0.000000375. The molecule has 4 heteroatoms. The minimum Gasteiger partial charge on any atom is -0.156 e. The minimum absolute atomic E-state index is 0. The van der Waals surface area contributed by atoms with Crippen molar-refractivity contribution in [2.75, 3.05) is 6.26 Å². The van der Waals surface area contributed by atoms with Gasteiger partial charge in [-0.25, -0.2) is 0 Å². The second-order valence-electron chi connectivity index (χ2n) is 7.05. The van der Waals surface area contributed by atoms with Crippen LogP contribution in [0.4, 0.5) is 0 Å². The molecule has 0 aliphatic heterocycles. The molecule has 0 atom stereocenters. The van der Waals surface area contributed by atoms with Crippen LogP contribution < -0.4 is 0 Å². The zero-order valence-electron chi connectivity index (χ0n) is 18.8. The van der Waals surface area contributed by atoms with E-state index in [1.54, 1.807) is 0 Å². The van der Waals surface area contributed by atoms with E-state index in [4.69, 9.17) is 0 Å². The van der Waals surface area contributed by atoms with Gasteiger partial charge in [-0.3, -0.25) is 0 Å². The molecule has 0 nitrogen and oxygen atoms in total. The van der Waals surface area contributed by atoms with E-state index < -0.39 is 0 Å². The van der Waals surface area contributed by atoms with Gasteiger partial charge in [0.25, 0.3) is 0 Å². The molecule has 0 heterocycles. The van der Waals surface area contributed by atoms with Crippen LogP contribution >= 0.6 is 23.5 Å². The molecule has 4 aliphatic carbocycles. The molecule has 33 heavy (non-hydrogen) atoms. The molecular weight excluding hydrogens is 524 g/mol. The molecule has 0 aromatic heterocycles. The Hall–Kier alpha value is 0.959. The molecule has 5 rings (SSSR count). The van der Waals surface area contributed by atoms with E-state index >= 15 is 0 Å². The molecule has 20 radical (unpaired) electrons. The molecule has 4 aliphatic rings. The molecule has 0 N–H and O–H groups in total. The molecule has 4 saturated carbocycles. The number of thioether (sulfide) groups is 2. The Kier molecular flexibility index (Phi) is 18.5. The van der Waals surface area contributed by atoms with Crippen LogP contribution in [-0.4, -0.2) is 6.26 Å². The van der Waals surface area contributed by atoms with Gasteiger partial charge >= 0.3 is 34.1 Å². The van der Waals surface area contributed by atoms with Gasteiger partial charge in [-0.05, 0) is 146 Å². The molecule has 0 saturated heterocycles. The van der Waals surface area contributed by atoms with E-state index in [9.17, 15) is 0 Å². The second-order valence-corrected chi connectivity index (χ2v) is 9.01. The summed E-state index contributed by atoms with van der Waals surface area (Å²) in [6.07, 6.45) is 36.4. The fourth-order valence-electron chi connectivity index (χ4n) is 3.05. The largest absolute Gasteiger partial charge is 2.00 e. The molecule has 1 aromatic rings. The van der Waals surface area contributed by atoms with Crippen LogP contribution in [0.15, 0.2) is 29.2 Å². The maximum Gasteiger partial charge on any atom is 2.00 e. The van der Waals surface area contributed by atoms with Gasteiger partial charge < -0.3 is 0 Å². The van der Waals surface area contributed by atoms with E-state index in [0.717, 1.165) is 6.42 Å². The van der Waals surface area contributed by atoms with Crippen molar-refractivity contribution in [1.82, 2.24) is 0 Å². The van der Waals surface area contributed by atoms with Crippen LogP contribution in [0.5, 0.6) is 0 Å². The fourth-order valence-corrected chi connectivity index (χ4v) is 4.61. The van der Waals surface area contributed by atoms with Gasteiger partial charge in [0.2, 0.25) is 0 Å². The predicted octanol–water partition coefficient (Wildman–Crippen LogP) is 7.34. The summed E-state index contributed by atoms with van der Waals surface area (Å²) in [4.78, 5) is 1.31. The van der Waals surface area contributed by atoms with Crippen LogP contribution in [0.3, 0.4) is 0 Å². The third kappa shape index (κ3) is 12.2. The van der Waals surface area contributed by atoms with E-state index in [2.05, 4.69) is 76.0 Å². The Labute approximate surface area is 235 Å². The fraction of sp³-hybridized carbons (Fsp3) is 0.103. The standard InChI is InChI=1S/C19H18S2.2C5H5.2Fe/c1-14-9-11-17(12-10-14)21-19-8-4-6-16(19)13-15-5-3-7-18(15)20-2;2*1-2-4-5-3-1;;/h3-12H,13H2,1-2H3;2*1-5H;;/q;;;2*+2. The maximum atomic E-state index is 2.24. The van der Waals surface area contributed by atoms with E-state index in [1.165, 1.54) is 32.8 Å². The Bertz CT molecular complexity index is 559. The first-order chi connectivity index (χ1) is 15.3.